The number of carbonyl (C=O) groups excluding carboxylic acids is 2. The second kappa shape index (κ2) is 6.01. The summed E-state index contributed by atoms with van der Waals surface area (Å²) in [6.07, 6.45) is 0. The first-order chi connectivity index (χ1) is 9.54. The normalized spacial score (nSPS) is 10.1. The van der Waals surface area contributed by atoms with Gasteiger partial charge in [0, 0.05) is 11.6 Å². The standard InChI is InChI=1S/C14H15N3O3/c1-9-4-3-5-11(6-9)14(19)15-8-13(18)16-12-7-10(2)20-17-12/h3-7H,8H2,1-2H3,(H,15,19)(H,16,17,18). The Hall–Kier alpha value is -2.63. The average molecular weight is 273 g/mol. The lowest BCUT2D eigenvalue weighted by molar-refractivity contribution is -0.115. The predicted octanol–water partition coefficient (Wildman–Crippen LogP) is 1.66. The van der Waals surface area contributed by atoms with E-state index in [-0.39, 0.29) is 18.4 Å². The summed E-state index contributed by atoms with van der Waals surface area (Å²) >= 11 is 0. The monoisotopic (exact) mass is 273 g/mol. The Morgan fingerprint density at radius 1 is 1.25 bits per heavy atom. The molecule has 0 radical (unpaired) electrons. The Labute approximate surface area is 116 Å². The third kappa shape index (κ3) is 3.68. The van der Waals surface area contributed by atoms with Gasteiger partial charge in [-0.3, -0.25) is 9.59 Å². The molecule has 0 aliphatic rings. The predicted molar refractivity (Wildman–Crippen MR) is 73.4 cm³/mol. The summed E-state index contributed by atoms with van der Waals surface area (Å²) in [4.78, 5) is 23.4. The van der Waals surface area contributed by atoms with Crippen molar-refractivity contribution >= 4 is 17.6 Å². The molecule has 1 aromatic carbocycles. The van der Waals surface area contributed by atoms with Gasteiger partial charge in [0.2, 0.25) is 5.91 Å². The minimum atomic E-state index is -0.362. The maximum atomic E-state index is 11.8. The van der Waals surface area contributed by atoms with Crippen LogP contribution in [0, 0.1) is 13.8 Å². The van der Waals surface area contributed by atoms with Crippen molar-refractivity contribution in [1.82, 2.24) is 10.5 Å². The van der Waals surface area contributed by atoms with E-state index in [2.05, 4.69) is 15.8 Å². The molecule has 0 aliphatic carbocycles. The summed E-state index contributed by atoms with van der Waals surface area (Å²) < 4.78 is 4.82. The van der Waals surface area contributed by atoms with Crippen molar-refractivity contribution in [3.05, 3.63) is 47.2 Å². The second-order valence-electron chi connectivity index (χ2n) is 4.42. The Morgan fingerprint density at radius 3 is 2.70 bits per heavy atom. The van der Waals surface area contributed by atoms with Crippen LogP contribution in [0.3, 0.4) is 0 Å². The van der Waals surface area contributed by atoms with E-state index in [0.29, 0.717) is 17.1 Å². The third-order valence-electron chi connectivity index (χ3n) is 2.59. The van der Waals surface area contributed by atoms with Crippen LogP contribution < -0.4 is 10.6 Å². The highest BCUT2D eigenvalue weighted by Crippen LogP contribution is 2.06. The van der Waals surface area contributed by atoms with E-state index in [1.165, 1.54) is 0 Å². The lowest BCUT2D eigenvalue weighted by atomic mass is 10.1. The summed E-state index contributed by atoms with van der Waals surface area (Å²) in [6, 6.07) is 8.74. The zero-order valence-corrected chi connectivity index (χ0v) is 11.3. The molecule has 2 aromatic rings. The largest absolute Gasteiger partial charge is 0.360 e. The molecule has 6 nitrogen and oxygen atoms in total. The molecule has 0 unspecified atom stereocenters. The Kier molecular flexibility index (Phi) is 4.14. The Balaban J connectivity index is 1.85. The number of nitrogens with one attached hydrogen (secondary N) is 2. The van der Waals surface area contributed by atoms with Gasteiger partial charge in [-0.25, -0.2) is 0 Å². The first-order valence-corrected chi connectivity index (χ1v) is 6.12. The minimum Gasteiger partial charge on any atom is -0.360 e. The van der Waals surface area contributed by atoms with E-state index in [1.807, 2.05) is 13.0 Å². The van der Waals surface area contributed by atoms with Gasteiger partial charge in [0.25, 0.3) is 5.91 Å². The average Bonchev–Trinajstić information content (AvgIpc) is 2.81. The van der Waals surface area contributed by atoms with Crippen LogP contribution >= 0.6 is 0 Å². The van der Waals surface area contributed by atoms with Crippen molar-refractivity contribution in [1.29, 1.82) is 0 Å². The molecule has 104 valence electrons. The zero-order valence-electron chi connectivity index (χ0n) is 11.3. The van der Waals surface area contributed by atoms with Crippen LogP contribution in [0.5, 0.6) is 0 Å². The molecule has 0 saturated heterocycles. The number of aryl methyl sites for hydroxylation is 2. The second-order valence-corrected chi connectivity index (χ2v) is 4.42. The highest BCUT2D eigenvalue weighted by atomic mass is 16.5. The van der Waals surface area contributed by atoms with Crippen molar-refractivity contribution in [2.75, 3.05) is 11.9 Å². The molecule has 1 heterocycles. The smallest absolute Gasteiger partial charge is 0.251 e. The van der Waals surface area contributed by atoms with Gasteiger partial charge < -0.3 is 15.2 Å². The van der Waals surface area contributed by atoms with Crippen molar-refractivity contribution in [3.8, 4) is 0 Å². The van der Waals surface area contributed by atoms with E-state index < -0.39 is 0 Å². The number of anilines is 1. The lowest BCUT2D eigenvalue weighted by Gasteiger charge is -2.05. The molecule has 2 N–H and O–H groups in total. The molecule has 6 heteroatoms. The molecule has 0 fully saturated rings. The van der Waals surface area contributed by atoms with E-state index >= 15 is 0 Å². The van der Waals surface area contributed by atoms with Gasteiger partial charge in [0.1, 0.15) is 5.76 Å². The first-order valence-electron chi connectivity index (χ1n) is 6.12. The van der Waals surface area contributed by atoms with E-state index in [4.69, 9.17) is 4.52 Å². The highest BCUT2D eigenvalue weighted by Gasteiger charge is 2.09. The third-order valence-corrected chi connectivity index (χ3v) is 2.59. The highest BCUT2D eigenvalue weighted by molar-refractivity contribution is 5.99. The van der Waals surface area contributed by atoms with Crippen molar-refractivity contribution in [2.45, 2.75) is 13.8 Å². The van der Waals surface area contributed by atoms with Crippen LogP contribution in [-0.4, -0.2) is 23.5 Å². The molecule has 0 saturated carbocycles. The first kappa shape index (κ1) is 13.8. The van der Waals surface area contributed by atoms with Crippen molar-refractivity contribution in [3.63, 3.8) is 0 Å². The number of aromatic nitrogens is 1. The van der Waals surface area contributed by atoms with Crippen LogP contribution in [0.2, 0.25) is 0 Å². The van der Waals surface area contributed by atoms with Crippen molar-refractivity contribution < 1.29 is 14.1 Å². The molecule has 0 bridgehead atoms. The van der Waals surface area contributed by atoms with Crippen LogP contribution in [0.1, 0.15) is 21.7 Å². The van der Waals surface area contributed by atoms with Crippen LogP contribution in [0.25, 0.3) is 0 Å². The van der Waals surface area contributed by atoms with Gasteiger partial charge in [0.05, 0.1) is 6.54 Å². The van der Waals surface area contributed by atoms with E-state index in [0.717, 1.165) is 5.56 Å². The Morgan fingerprint density at radius 2 is 2.05 bits per heavy atom. The summed E-state index contributed by atoms with van der Waals surface area (Å²) in [6.45, 7) is 3.50. The van der Waals surface area contributed by atoms with Gasteiger partial charge in [-0.1, -0.05) is 22.9 Å². The number of hydrogen-bond acceptors (Lipinski definition) is 4. The quantitative estimate of drug-likeness (QED) is 0.887. The molecule has 2 amide bonds. The molecule has 20 heavy (non-hydrogen) atoms. The number of benzene rings is 1. The lowest BCUT2D eigenvalue weighted by Crippen LogP contribution is -2.32. The molecule has 1 aromatic heterocycles. The van der Waals surface area contributed by atoms with Crippen LogP contribution in [-0.2, 0) is 4.79 Å². The zero-order chi connectivity index (χ0) is 14.5. The van der Waals surface area contributed by atoms with Crippen molar-refractivity contribution in [2.24, 2.45) is 0 Å². The number of amides is 2. The molecular formula is C14H15N3O3. The number of hydrogen-bond donors (Lipinski definition) is 2. The molecule has 0 atom stereocenters. The van der Waals surface area contributed by atoms with E-state index in [1.54, 1.807) is 31.2 Å². The summed E-state index contributed by atoms with van der Waals surface area (Å²) in [5.74, 6) is 0.279. The fourth-order valence-corrected chi connectivity index (χ4v) is 1.66. The maximum absolute atomic E-state index is 11.8. The van der Waals surface area contributed by atoms with Gasteiger partial charge in [-0.2, -0.15) is 0 Å². The Bertz CT molecular complexity index is 634. The van der Waals surface area contributed by atoms with Gasteiger partial charge in [-0.05, 0) is 26.0 Å². The molecule has 0 aliphatic heterocycles. The number of carbonyl (C=O) groups is 2. The number of rotatable bonds is 4. The molecular weight excluding hydrogens is 258 g/mol. The van der Waals surface area contributed by atoms with Crippen LogP contribution in [0.4, 0.5) is 5.82 Å². The topological polar surface area (TPSA) is 84.2 Å². The fraction of sp³-hybridized carbons (Fsp3) is 0.214. The van der Waals surface area contributed by atoms with Gasteiger partial charge >= 0.3 is 0 Å². The van der Waals surface area contributed by atoms with Gasteiger partial charge in [-0.15, -0.1) is 0 Å². The van der Waals surface area contributed by atoms with Gasteiger partial charge in [0.15, 0.2) is 5.82 Å². The minimum absolute atomic E-state index is 0.126. The molecule has 2 rings (SSSR count). The summed E-state index contributed by atoms with van der Waals surface area (Å²) in [7, 11) is 0. The van der Waals surface area contributed by atoms with E-state index in [9.17, 15) is 9.59 Å². The summed E-state index contributed by atoms with van der Waals surface area (Å²) in [5, 5.41) is 8.70. The fourth-order valence-electron chi connectivity index (χ4n) is 1.66. The number of nitrogens with zero attached hydrogens (tertiary/aromatic N) is 1. The SMILES string of the molecule is Cc1cccc(C(=O)NCC(=O)Nc2cc(C)on2)c1. The summed E-state index contributed by atoms with van der Waals surface area (Å²) in [5.41, 5.74) is 1.51. The molecule has 0 spiro atoms. The van der Waals surface area contributed by atoms with Crippen LogP contribution in [0.15, 0.2) is 34.9 Å². The maximum Gasteiger partial charge on any atom is 0.251 e.